The van der Waals surface area contributed by atoms with Crippen LogP contribution in [0.4, 0.5) is 5.69 Å². The number of hydrogen-bond donors (Lipinski definition) is 1. The van der Waals surface area contributed by atoms with Crippen LogP contribution in [-0.4, -0.2) is 39.8 Å². The van der Waals surface area contributed by atoms with Crippen LogP contribution < -0.4 is 5.32 Å². The number of anilines is 1. The fourth-order valence-corrected chi connectivity index (χ4v) is 4.24. The Hall–Kier alpha value is -4.00. The van der Waals surface area contributed by atoms with Gasteiger partial charge in [0.15, 0.2) is 5.76 Å². The summed E-state index contributed by atoms with van der Waals surface area (Å²) in [6.45, 7) is 3.00. The van der Waals surface area contributed by atoms with Gasteiger partial charge in [0.2, 0.25) is 0 Å². The molecule has 2 aromatic heterocycles. The summed E-state index contributed by atoms with van der Waals surface area (Å²) in [5.41, 5.74) is 2.48. The zero-order valence-corrected chi connectivity index (χ0v) is 18.3. The van der Waals surface area contributed by atoms with E-state index in [1.807, 2.05) is 61.5 Å². The van der Waals surface area contributed by atoms with E-state index in [2.05, 4.69) is 15.3 Å². The van der Waals surface area contributed by atoms with Gasteiger partial charge in [0.1, 0.15) is 11.4 Å². The molecule has 0 saturated carbocycles. The molecule has 2 aromatic carbocycles. The van der Waals surface area contributed by atoms with Crippen molar-refractivity contribution in [3.63, 3.8) is 0 Å². The molecule has 1 aliphatic heterocycles. The number of fused-ring (bicyclic) bond motifs is 1. The first kappa shape index (κ1) is 20.9. The second kappa shape index (κ2) is 8.86. The zero-order valence-electron chi connectivity index (χ0n) is 18.3. The lowest BCUT2D eigenvalue weighted by Gasteiger charge is -2.31. The number of nitrogens with zero attached hydrogens (tertiary/aromatic N) is 3. The maximum Gasteiger partial charge on any atom is 0.289 e. The van der Waals surface area contributed by atoms with Crippen LogP contribution in [-0.2, 0) is 0 Å². The fraction of sp³-hybridized carbons (Fsp3) is 0.231. The molecule has 0 radical (unpaired) electrons. The van der Waals surface area contributed by atoms with Gasteiger partial charge in [0, 0.05) is 36.3 Å². The molecule has 5 rings (SSSR count). The van der Waals surface area contributed by atoms with Crippen LogP contribution in [0.2, 0.25) is 0 Å². The molecule has 0 unspecified atom stereocenters. The van der Waals surface area contributed by atoms with Gasteiger partial charge in [-0.2, -0.15) is 0 Å². The van der Waals surface area contributed by atoms with Gasteiger partial charge in [-0.05, 0) is 44.0 Å². The summed E-state index contributed by atoms with van der Waals surface area (Å²) in [7, 11) is 0. The van der Waals surface area contributed by atoms with Crippen LogP contribution in [0.3, 0.4) is 0 Å². The number of likely N-dealkylation sites (tertiary alicyclic amines) is 1. The van der Waals surface area contributed by atoms with Crippen molar-refractivity contribution in [1.82, 2.24) is 14.9 Å². The molecule has 4 aromatic rings. The average Bonchev–Trinajstić information content (AvgIpc) is 3.28. The molecule has 7 nitrogen and oxygen atoms in total. The molecular formula is C26H24N4O3. The summed E-state index contributed by atoms with van der Waals surface area (Å²) >= 11 is 0. The van der Waals surface area contributed by atoms with E-state index in [1.165, 1.54) is 0 Å². The first-order valence-corrected chi connectivity index (χ1v) is 11.1. The molecule has 7 heteroatoms. The fourth-order valence-electron chi connectivity index (χ4n) is 4.24. The van der Waals surface area contributed by atoms with E-state index in [9.17, 15) is 9.59 Å². The molecule has 33 heavy (non-hydrogen) atoms. The second-order valence-electron chi connectivity index (χ2n) is 8.29. The highest BCUT2D eigenvalue weighted by molar-refractivity contribution is 6.04. The summed E-state index contributed by atoms with van der Waals surface area (Å²) in [6, 6.07) is 18.7. The predicted octanol–water partition coefficient (Wildman–Crippen LogP) is 4.80. The first-order valence-electron chi connectivity index (χ1n) is 11.1. The van der Waals surface area contributed by atoms with Crippen molar-refractivity contribution in [2.24, 2.45) is 0 Å². The summed E-state index contributed by atoms with van der Waals surface area (Å²) in [5.74, 6) is 0.659. The number of furan rings is 1. The smallest absolute Gasteiger partial charge is 0.289 e. The quantitative estimate of drug-likeness (QED) is 0.492. The minimum atomic E-state index is -0.240. The Bertz CT molecular complexity index is 1280. The van der Waals surface area contributed by atoms with E-state index in [1.54, 1.807) is 17.2 Å². The molecule has 2 amide bonds. The lowest BCUT2D eigenvalue weighted by molar-refractivity contribution is 0.0674. The lowest BCUT2D eigenvalue weighted by atomic mass is 9.96. The van der Waals surface area contributed by atoms with Crippen molar-refractivity contribution in [3.8, 4) is 0 Å². The molecule has 1 atom stereocenters. The summed E-state index contributed by atoms with van der Waals surface area (Å²) < 4.78 is 5.77. The number of carbonyl (C=O) groups excluding carboxylic acids is 2. The van der Waals surface area contributed by atoms with Gasteiger partial charge in [0.25, 0.3) is 11.8 Å². The number of amides is 2. The number of benzene rings is 2. The molecule has 0 spiro atoms. The van der Waals surface area contributed by atoms with Crippen LogP contribution in [0, 0.1) is 6.92 Å². The maximum absolute atomic E-state index is 13.1. The molecule has 1 N–H and O–H groups in total. The van der Waals surface area contributed by atoms with Gasteiger partial charge in [-0.1, -0.05) is 36.4 Å². The van der Waals surface area contributed by atoms with Crippen LogP contribution in [0.25, 0.3) is 11.0 Å². The van der Waals surface area contributed by atoms with E-state index < -0.39 is 0 Å². The van der Waals surface area contributed by atoms with Gasteiger partial charge < -0.3 is 14.6 Å². The molecule has 166 valence electrons. The third kappa shape index (κ3) is 4.35. The number of hydrogen-bond acceptors (Lipinski definition) is 5. The number of aromatic nitrogens is 2. The van der Waals surface area contributed by atoms with Gasteiger partial charge in [-0.15, -0.1) is 0 Å². The molecule has 1 aliphatic rings. The summed E-state index contributed by atoms with van der Waals surface area (Å²) in [6.07, 6.45) is 3.32. The predicted molar refractivity (Wildman–Crippen MR) is 125 cm³/mol. The first-order chi connectivity index (χ1) is 16.1. The summed E-state index contributed by atoms with van der Waals surface area (Å²) in [4.78, 5) is 36.6. The van der Waals surface area contributed by atoms with E-state index >= 15 is 0 Å². The Labute approximate surface area is 191 Å². The van der Waals surface area contributed by atoms with Crippen LogP contribution in [0.15, 0.2) is 71.3 Å². The van der Waals surface area contributed by atoms with Crippen molar-refractivity contribution < 1.29 is 14.0 Å². The topological polar surface area (TPSA) is 88.3 Å². The zero-order chi connectivity index (χ0) is 22.8. The third-order valence-electron chi connectivity index (χ3n) is 5.98. The molecule has 1 fully saturated rings. The van der Waals surface area contributed by atoms with Crippen LogP contribution >= 0.6 is 0 Å². The molecule has 3 heterocycles. The normalized spacial score (nSPS) is 16.0. The van der Waals surface area contributed by atoms with Crippen LogP contribution in [0.5, 0.6) is 0 Å². The molecule has 1 saturated heterocycles. The average molecular weight is 441 g/mol. The van der Waals surface area contributed by atoms with Gasteiger partial charge >= 0.3 is 0 Å². The number of aryl methyl sites for hydroxylation is 1. The number of nitrogens with one attached hydrogen (secondary N) is 1. The van der Waals surface area contributed by atoms with E-state index in [0.29, 0.717) is 41.5 Å². The largest absolute Gasteiger partial charge is 0.451 e. The maximum atomic E-state index is 13.1. The number of rotatable bonds is 4. The summed E-state index contributed by atoms with van der Waals surface area (Å²) in [5, 5.41) is 3.78. The monoisotopic (exact) mass is 440 g/mol. The Morgan fingerprint density at radius 1 is 1.09 bits per heavy atom. The van der Waals surface area contributed by atoms with Gasteiger partial charge in [-0.3, -0.25) is 9.59 Å². The van der Waals surface area contributed by atoms with E-state index in [0.717, 1.165) is 23.9 Å². The van der Waals surface area contributed by atoms with Crippen LogP contribution in [0.1, 0.15) is 51.2 Å². The Kier molecular flexibility index (Phi) is 5.60. The second-order valence-corrected chi connectivity index (χ2v) is 8.29. The molecule has 0 aliphatic carbocycles. The Morgan fingerprint density at radius 3 is 2.67 bits per heavy atom. The van der Waals surface area contributed by atoms with Gasteiger partial charge in [-0.25, -0.2) is 9.97 Å². The Morgan fingerprint density at radius 2 is 1.88 bits per heavy atom. The van der Waals surface area contributed by atoms with Gasteiger partial charge in [0.05, 0.1) is 11.3 Å². The van der Waals surface area contributed by atoms with Crippen molar-refractivity contribution in [3.05, 3.63) is 89.7 Å². The number of piperidine rings is 1. The molecule has 0 bridgehead atoms. The van der Waals surface area contributed by atoms with Crippen molar-refractivity contribution >= 4 is 28.5 Å². The van der Waals surface area contributed by atoms with Crippen molar-refractivity contribution in [2.75, 3.05) is 18.4 Å². The number of carbonyl (C=O) groups is 2. The number of para-hydroxylation sites is 2. The Balaban J connectivity index is 1.30. The lowest BCUT2D eigenvalue weighted by Crippen LogP contribution is -2.39. The molecular weight excluding hydrogens is 416 g/mol. The highest BCUT2D eigenvalue weighted by Crippen LogP contribution is 2.27. The highest BCUT2D eigenvalue weighted by atomic mass is 16.3. The standard InChI is InChI=1S/C26H24N4O3/c1-17-21(25(31)29-20-10-3-2-4-11-20)15-27-24(28-17)19-9-7-13-30(16-19)26(32)23-14-18-8-5-6-12-22(18)33-23/h2-6,8,10-12,14-15,19H,7,9,13,16H2,1H3,(H,29,31)/t19-/m0/s1. The van der Waals surface area contributed by atoms with E-state index in [4.69, 9.17) is 4.42 Å². The minimum Gasteiger partial charge on any atom is -0.451 e. The van der Waals surface area contributed by atoms with Crippen molar-refractivity contribution in [2.45, 2.75) is 25.7 Å². The third-order valence-corrected chi connectivity index (χ3v) is 5.98. The van der Waals surface area contributed by atoms with E-state index in [-0.39, 0.29) is 17.7 Å². The highest BCUT2D eigenvalue weighted by Gasteiger charge is 2.29. The minimum absolute atomic E-state index is 0.0111. The SMILES string of the molecule is Cc1nc([C@H]2CCCN(C(=O)c3cc4ccccc4o3)C2)ncc1C(=O)Nc1ccccc1. The van der Waals surface area contributed by atoms with Crippen molar-refractivity contribution in [1.29, 1.82) is 0 Å².